The Morgan fingerprint density at radius 3 is 2.71 bits per heavy atom. The molecule has 14 heavy (non-hydrogen) atoms. The summed E-state index contributed by atoms with van der Waals surface area (Å²) in [5.41, 5.74) is 1.22. The Balaban J connectivity index is 2.21. The summed E-state index contributed by atoms with van der Waals surface area (Å²) < 4.78 is 5.67. The van der Waals surface area contributed by atoms with Crippen LogP contribution >= 0.6 is 11.8 Å². The summed E-state index contributed by atoms with van der Waals surface area (Å²) in [5.74, 6) is 2.26. The summed E-state index contributed by atoms with van der Waals surface area (Å²) in [5, 5.41) is 0. The molecular formula is C12H18OS. The van der Waals surface area contributed by atoms with E-state index < -0.39 is 0 Å². The second-order valence-electron chi connectivity index (χ2n) is 3.31. The Morgan fingerprint density at radius 1 is 1.21 bits per heavy atom. The zero-order valence-corrected chi connectivity index (χ0v) is 9.77. The number of ether oxygens (including phenoxy) is 1. The minimum atomic E-state index is 0.839. The standard InChI is InChI=1S/C12H18OS/c1-11-7-3-4-8-12(11)13-9-5-6-10-14-2/h3-4,7-8H,5-6,9-10H2,1-2H3. The van der Waals surface area contributed by atoms with Crippen LogP contribution in [0.25, 0.3) is 0 Å². The summed E-state index contributed by atoms with van der Waals surface area (Å²) in [6, 6.07) is 8.17. The quantitative estimate of drug-likeness (QED) is 0.664. The smallest absolute Gasteiger partial charge is 0.122 e. The van der Waals surface area contributed by atoms with Gasteiger partial charge in [-0.1, -0.05) is 18.2 Å². The van der Waals surface area contributed by atoms with Crippen molar-refractivity contribution in [3.8, 4) is 5.75 Å². The Bertz CT molecular complexity index is 260. The Kier molecular flexibility index (Phi) is 5.53. The molecule has 0 bridgehead atoms. The molecule has 0 spiro atoms. The van der Waals surface area contributed by atoms with Gasteiger partial charge in [0.2, 0.25) is 0 Å². The van der Waals surface area contributed by atoms with Crippen LogP contribution in [0.2, 0.25) is 0 Å². The topological polar surface area (TPSA) is 9.23 Å². The van der Waals surface area contributed by atoms with Gasteiger partial charge in [-0.3, -0.25) is 0 Å². The van der Waals surface area contributed by atoms with Gasteiger partial charge in [0.1, 0.15) is 5.75 Å². The SMILES string of the molecule is CSCCCCOc1ccccc1C. The van der Waals surface area contributed by atoms with Gasteiger partial charge in [0.05, 0.1) is 6.61 Å². The summed E-state index contributed by atoms with van der Waals surface area (Å²) >= 11 is 1.90. The molecule has 0 aromatic heterocycles. The first kappa shape index (κ1) is 11.4. The first-order chi connectivity index (χ1) is 6.84. The van der Waals surface area contributed by atoms with Crippen LogP contribution in [0.1, 0.15) is 18.4 Å². The molecule has 0 saturated carbocycles. The van der Waals surface area contributed by atoms with Gasteiger partial charge in [-0.15, -0.1) is 0 Å². The molecule has 1 aromatic carbocycles. The number of thioether (sulfide) groups is 1. The van der Waals surface area contributed by atoms with Gasteiger partial charge in [0.15, 0.2) is 0 Å². The Morgan fingerprint density at radius 2 is 2.00 bits per heavy atom. The van der Waals surface area contributed by atoms with Crippen LogP contribution < -0.4 is 4.74 Å². The Hall–Kier alpha value is -0.630. The van der Waals surface area contributed by atoms with Crippen LogP contribution in [0.4, 0.5) is 0 Å². The maximum Gasteiger partial charge on any atom is 0.122 e. The fourth-order valence-corrected chi connectivity index (χ4v) is 1.74. The minimum absolute atomic E-state index is 0.839. The van der Waals surface area contributed by atoms with E-state index in [1.807, 2.05) is 30.0 Å². The van der Waals surface area contributed by atoms with Gasteiger partial charge in [0, 0.05) is 0 Å². The summed E-state index contributed by atoms with van der Waals surface area (Å²) in [6.07, 6.45) is 4.53. The first-order valence-corrected chi connectivity index (χ1v) is 6.41. The lowest BCUT2D eigenvalue weighted by Crippen LogP contribution is -1.99. The van der Waals surface area contributed by atoms with Gasteiger partial charge in [0.25, 0.3) is 0 Å². The highest BCUT2D eigenvalue weighted by atomic mass is 32.2. The molecule has 0 radical (unpaired) electrons. The Labute approximate surface area is 90.9 Å². The van der Waals surface area contributed by atoms with E-state index in [4.69, 9.17) is 4.74 Å². The molecule has 1 rings (SSSR count). The van der Waals surface area contributed by atoms with Crippen LogP contribution in [0.15, 0.2) is 24.3 Å². The third-order valence-corrected chi connectivity index (χ3v) is 2.79. The molecule has 0 fully saturated rings. The normalized spacial score (nSPS) is 10.1. The fraction of sp³-hybridized carbons (Fsp3) is 0.500. The lowest BCUT2D eigenvalue weighted by molar-refractivity contribution is 0.308. The van der Waals surface area contributed by atoms with E-state index in [0.717, 1.165) is 18.8 Å². The second kappa shape index (κ2) is 6.77. The van der Waals surface area contributed by atoms with Gasteiger partial charge in [-0.25, -0.2) is 0 Å². The lowest BCUT2D eigenvalue weighted by atomic mass is 10.2. The van der Waals surface area contributed by atoms with Crippen molar-refractivity contribution in [2.24, 2.45) is 0 Å². The highest BCUT2D eigenvalue weighted by Crippen LogP contribution is 2.16. The fourth-order valence-electron chi connectivity index (χ4n) is 1.25. The van der Waals surface area contributed by atoms with Crippen molar-refractivity contribution >= 4 is 11.8 Å². The van der Waals surface area contributed by atoms with Crippen LogP contribution in [-0.4, -0.2) is 18.6 Å². The molecular weight excluding hydrogens is 192 g/mol. The van der Waals surface area contributed by atoms with Crippen molar-refractivity contribution in [3.63, 3.8) is 0 Å². The maximum atomic E-state index is 5.67. The average molecular weight is 210 g/mol. The third-order valence-electron chi connectivity index (χ3n) is 2.09. The van der Waals surface area contributed by atoms with Crippen LogP contribution in [0.3, 0.4) is 0 Å². The molecule has 1 nitrogen and oxygen atoms in total. The second-order valence-corrected chi connectivity index (χ2v) is 4.30. The number of unbranched alkanes of at least 4 members (excludes halogenated alkanes) is 1. The van der Waals surface area contributed by atoms with Gasteiger partial charge in [-0.05, 0) is 43.4 Å². The van der Waals surface area contributed by atoms with Crippen molar-refractivity contribution in [2.45, 2.75) is 19.8 Å². The van der Waals surface area contributed by atoms with E-state index in [2.05, 4.69) is 19.2 Å². The maximum absolute atomic E-state index is 5.67. The number of rotatable bonds is 6. The highest BCUT2D eigenvalue weighted by Gasteiger charge is 1.96. The molecule has 0 aliphatic heterocycles. The molecule has 0 atom stereocenters. The molecule has 78 valence electrons. The molecule has 0 heterocycles. The number of hydrogen-bond donors (Lipinski definition) is 0. The zero-order valence-electron chi connectivity index (χ0n) is 8.95. The summed E-state index contributed by atoms with van der Waals surface area (Å²) in [6.45, 7) is 2.92. The molecule has 0 unspecified atom stereocenters. The number of para-hydroxylation sites is 1. The zero-order chi connectivity index (χ0) is 10.2. The van der Waals surface area contributed by atoms with Crippen molar-refractivity contribution in [2.75, 3.05) is 18.6 Å². The summed E-state index contributed by atoms with van der Waals surface area (Å²) in [7, 11) is 0. The largest absolute Gasteiger partial charge is 0.493 e. The van der Waals surface area contributed by atoms with Gasteiger partial charge >= 0.3 is 0 Å². The average Bonchev–Trinajstić information content (AvgIpc) is 2.20. The van der Waals surface area contributed by atoms with Crippen LogP contribution in [0.5, 0.6) is 5.75 Å². The molecule has 0 N–H and O–H groups in total. The molecule has 2 heteroatoms. The lowest BCUT2D eigenvalue weighted by Gasteiger charge is -2.07. The monoisotopic (exact) mass is 210 g/mol. The van der Waals surface area contributed by atoms with Crippen LogP contribution in [-0.2, 0) is 0 Å². The van der Waals surface area contributed by atoms with Crippen molar-refractivity contribution < 1.29 is 4.74 Å². The molecule has 0 aliphatic rings. The molecule has 0 aliphatic carbocycles. The van der Waals surface area contributed by atoms with Crippen molar-refractivity contribution in [1.82, 2.24) is 0 Å². The molecule has 1 aromatic rings. The van der Waals surface area contributed by atoms with E-state index in [9.17, 15) is 0 Å². The highest BCUT2D eigenvalue weighted by molar-refractivity contribution is 7.98. The third kappa shape index (κ3) is 4.05. The van der Waals surface area contributed by atoms with E-state index in [1.165, 1.54) is 17.7 Å². The predicted octanol–water partition coefficient (Wildman–Crippen LogP) is 3.52. The van der Waals surface area contributed by atoms with E-state index in [0.29, 0.717) is 0 Å². The first-order valence-electron chi connectivity index (χ1n) is 5.02. The molecule has 0 saturated heterocycles. The van der Waals surface area contributed by atoms with E-state index in [-0.39, 0.29) is 0 Å². The van der Waals surface area contributed by atoms with Crippen molar-refractivity contribution in [1.29, 1.82) is 0 Å². The van der Waals surface area contributed by atoms with Gasteiger partial charge < -0.3 is 4.74 Å². The number of benzene rings is 1. The van der Waals surface area contributed by atoms with E-state index in [1.54, 1.807) is 0 Å². The number of hydrogen-bond acceptors (Lipinski definition) is 2. The van der Waals surface area contributed by atoms with Crippen LogP contribution in [0, 0.1) is 6.92 Å². The summed E-state index contributed by atoms with van der Waals surface area (Å²) in [4.78, 5) is 0. The minimum Gasteiger partial charge on any atom is -0.493 e. The van der Waals surface area contributed by atoms with Gasteiger partial charge in [-0.2, -0.15) is 11.8 Å². The molecule has 0 amide bonds. The van der Waals surface area contributed by atoms with Crippen molar-refractivity contribution in [3.05, 3.63) is 29.8 Å². The number of aryl methyl sites for hydroxylation is 1. The van der Waals surface area contributed by atoms with E-state index >= 15 is 0 Å². The predicted molar refractivity (Wildman–Crippen MR) is 64.3 cm³/mol.